The molecule has 0 spiro atoms. The molecule has 1 heteroatoms. The molecule has 0 amide bonds. The van der Waals surface area contributed by atoms with Crippen LogP contribution in [0.25, 0.3) is 0 Å². The molecule has 0 atom stereocenters. The van der Waals surface area contributed by atoms with Crippen molar-refractivity contribution < 1.29 is 0 Å². The largest absolute Gasteiger partial charge is 0.263 e. The van der Waals surface area contributed by atoms with E-state index in [0.29, 0.717) is 0 Å². The molecule has 0 aliphatic rings. The SMILES string of the molecule is CC(C)=N/C(C)=C(\C)C(C)(C)C. The lowest BCUT2D eigenvalue weighted by Gasteiger charge is -2.20. The standard InChI is InChI=1S/C11H21N/c1-8(2)12-10(4)9(3)11(5,6)7/h1-7H3/b10-9+. The minimum atomic E-state index is 0.239. The molecule has 0 saturated carbocycles. The Morgan fingerprint density at radius 1 is 0.917 bits per heavy atom. The molecule has 0 aromatic rings. The van der Waals surface area contributed by atoms with E-state index in [9.17, 15) is 0 Å². The summed E-state index contributed by atoms with van der Waals surface area (Å²) >= 11 is 0. The third-order valence-corrected chi connectivity index (χ3v) is 2.06. The molecule has 0 unspecified atom stereocenters. The van der Waals surface area contributed by atoms with Crippen molar-refractivity contribution in [1.29, 1.82) is 0 Å². The lowest BCUT2D eigenvalue weighted by Crippen LogP contribution is -2.08. The Kier molecular flexibility index (Phi) is 3.69. The van der Waals surface area contributed by atoms with E-state index >= 15 is 0 Å². The molecule has 0 rings (SSSR count). The van der Waals surface area contributed by atoms with Crippen LogP contribution in [0.15, 0.2) is 16.3 Å². The second-order valence-electron chi connectivity index (χ2n) is 4.52. The minimum Gasteiger partial charge on any atom is -0.263 e. The van der Waals surface area contributed by atoms with Gasteiger partial charge in [-0.25, -0.2) is 0 Å². The monoisotopic (exact) mass is 167 g/mol. The summed E-state index contributed by atoms with van der Waals surface area (Å²) in [6.07, 6.45) is 0. The van der Waals surface area contributed by atoms with Crippen molar-refractivity contribution in [3.63, 3.8) is 0 Å². The van der Waals surface area contributed by atoms with Crippen LogP contribution in [0.1, 0.15) is 48.5 Å². The summed E-state index contributed by atoms with van der Waals surface area (Å²) in [4.78, 5) is 4.44. The number of allylic oxidation sites excluding steroid dienone is 2. The van der Waals surface area contributed by atoms with Crippen molar-refractivity contribution in [2.75, 3.05) is 0 Å². The van der Waals surface area contributed by atoms with Crippen molar-refractivity contribution in [1.82, 2.24) is 0 Å². The van der Waals surface area contributed by atoms with Crippen LogP contribution in [0.4, 0.5) is 0 Å². The van der Waals surface area contributed by atoms with Crippen LogP contribution < -0.4 is 0 Å². The number of aliphatic imine (C=N–C) groups is 1. The molecule has 12 heavy (non-hydrogen) atoms. The van der Waals surface area contributed by atoms with Gasteiger partial charge >= 0.3 is 0 Å². The Morgan fingerprint density at radius 2 is 1.33 bits per heavy atom. The highest BCUT2D eigenvalue weighted by Gasteiger charge is 2.14. The number of rotatable bonds is 1. The van der Waals surface area contributed by atoms with E-state index in [1.165, 1.54) is 5.57 Å². The molecule has 0 radical (unpaired) electrons. The zero-order valence-electron chi connectivity index (χ0n) is 9.45. The quantitative estimate of drug-likeness (QED) is 0.527. The number of hydrogen-bond donors (Lipinski definition) is 0. The van der Waals surface area contributed by atoms with Gasteiger partial charge in [0, 0.05) is 11.4 Å². The first-order valence-electron chi connectivity index (χ1n) is 4.45. The molecule has 0 saturated heterocycles. The average molecular weight is 167 g/mol. The molecular formula is C11H21N. The maximum absolute atomic E-state index is 4.44. The van der Waals surface area contributed by atoms with Gasteiger partial charge in [-0.2, -0.15) is 0 Å². The van der Waals surface area contributed by atoms with Crippen LogP contribution in [0, 0.1) is 5.41 Å². The molecule has 0 aliphatic carbocycles. The first-order valence-corrected chi connectivity index (χ1v) is 4.45. The van der Waals surface area contributed by atoms with Gasteiger partial charge in [-0.15, -0.1) is 0 Å². The summed E-state index contributed by atoms with van der Waals surface area (Å²) in [7, 11) is 0. The van der Waals surface area contributed by atoms with Crippen molar-refractivity contribution in [3.8, 4) is 0 Å². The molecular weight excluding hydrogens is 146 g/mol. The molecule has 0 bridgehead atoms. The molecule has 0 fully saturated rings. The van der Waals surface area contributed by atoms with Gasteiger partial charge in [0.2, 0.25) is 0 Å². The average Bonchev–Trinajstić information content (AvgIpc) is 1.82. The summed E-state index contributed by atoms with van der Waals surface area (Å²) in [5.41, 5.74) is 3.88. The Hall–Kier alpha value is -0.590. The molecule has 0 aliphatic heterocycles. The van der Waals surface area contributed by atoms with Crippen LogP contribution in [0.2, 0.25) is 0 Å². The summed E-state index contributed by atoms with van der Waals surface area (Å²) in [5.74, 6) is 0. The molecule has 0 N–H and O–H groups in total. The second-order valence-corrected chi connectivity index (χ2v) is 4.52. The lowest BCUT2D eigenvalue weighted by molar-refractivity contribution is 0.498. The Labute approximate surface area is 76.6 Å². The third-order valence-electron chi connectivity index (χ3n) is 2.06. The summed E-state index contributed by atoms with van der Waals surface area (Å²) < 4.78 is 0. The Balaban J connectivity index is 4.83. The highest BCUT2D eigenvalue weighted by atomic mass is 14.7. The maximum atomic E-state index is 4.44. The zero-order valence-corrected chi connectivity index (χ0v) is 9.45. The van der Waals surface area contributed by atoms with Crippen LogP contribution in [0.5, 0.6) is 0 Å². The molecule has 70 valence electrons. The summed E-state index contributed by atoms with van der Waals surface area (Å²) in [6.45, 7) is 14.9. The van der Waals surface area contributed by atoms with Crippen molar-refractivity contribution in [2.45, 2.75) is 48.5 Å². The highest BCUT2D eigenvalue weighted by Crippen LogP contribution is 2.27. The predicted octanol–water partition coefficient (Wildman–Crippen LogP) is 3.81. The zero-order chi connectivity index (χ0) is 9.94. The van der Waals surface area contributed by atoms with Gasteiger partial charge in [-0.3, -0.25) is 4.99 Å². The van der Waals surface area contributed by atoms with Gasteiger partial charge in [0.05, 0.1) is 0 Å². The lowest BCUT2D eigenvalue weighted by atomic mass is 9.86. The van der Waals surface area contributed by atoms with E-state index in [0.717, 1.165) is 11.4 Å². The van der Waals surface area contributed by atoms with E-state index in [-0.39, 0.29) is 5.41 Å². The summed E-state index contributed by atoms with van der Waals surface area (Å²) in [6, 6.07) is 0. The van der Waals surface area contributed by atoms with Crippen molar-refractivity contribution in [2.24, 2.45) is 10.4 Å². The van der Waals surface area contributed by atoms with Crippen LogP contribution in [-0.2, 0) is 0 Å². The molecule has 0 heterocycles. The van der Waals surface area contributed by atoms with Gasteiger partial charge in [0.1, 0.15) is 0 Å². The maximum Gasteiger partial charge on any atom is 0.0366 e. The third kappa shape index (κ3) is 3.70. The van der Waals surface area contributed by atoms with E-state index in [1.807, 2.05) is 13.8 Å². The van der Waals surface area contributed by atoms with Gasteiger partial charge in [-0.05, 0) is 38.7 Å². The van der Waals surface area contributed by atoms with Crippen molar-refractivity contribution in [3.05, 3.63) is 11.3 Å². The van der Waals surface area contributed by atoms with E-state index < -0.39 is 0 Å². The van der Waals surface area contributed by atoms with Crippen LogP contribution in [0.3, 0.4) is 0 Å². The second kappa shape index (κ2) is 3.88. The van der Waals surface area contributed by atoms with Gasteiger partial charge < -0.3 is 0 Å². The molecule has 0 aromatic heterocycles. The van der Waals surface area contributed by atoms with E-state index in [2.05, 4.69) is 39.6 Å². The van der Waals surface area contributed by atoms with E-state index in [1.54, 1.807) is 0 Å². The Bertz CT molecular complexity index is 210. The fraction of sp³-hybridized carbons (Fsp3) is 0.727. The van der Waals surface area contributed by atoms with Crippen LogP contribution >= 0.6 is 0 Å². The number of nitrogens with zero attached hydrogens (tertiary/aromatic N) is 1. The minimum absolute atomic E-state index is 0.239. The molecule has 1 nitrogen and oxygen atoms in total. The number of hydrogen-bond acceptors (Lipinski definition) is 1. The van der Waals surface area contributed by atoms with Gasteiger partial charge in [-0.1, -0.05) is 20.8 Å². The fourth-order valence-electron chi connectivity index (χ4n) is 0.962. The van der Waals surface area contributed by atoms with Crippen molar-refractivity contribution >= 4 is 5.71 Å². The van der Waals surface area contributed by atoms with Gasteiger partial charge in [0.25, 0.3) is 0 Å². The van der Waals surface area contributed by atoms with E-state index in [4.69, 9.17) is 0 Å². The fourth-order valence-corrected chi connectivity index (χ4v) is 0.962. The topological polar surface area (TPSA) is 12.4 Å². The van der Waals surface area contributed by atoms with Crippen LogP contribution in [-0.4, -0.2) is 5.71 Å². The first kappa shape index (κ1) is 11.4. The Morgan fingerprint density at radius 3 is 1.58 bits per heavy atom. The smallest absolute Gasteiger partial charge is 0.0366 e. The van der Waals surface area contributed by atoms with Gasteiger partial charge in [0.15, 0.2) is 0 Å². The molecule has 0 aromatic carbocycles. The highest BCUT2D eigenvalue weighted by molar-refractivity contribution is 5.80. The first-order chi connectivity index (χ1) is 5.25. The normalized spacial score (nSPS) is 13.9. The summed E-state index contributed by atoms with van der Waals surface area (Å²) in [5, 5.41) is 0. The predicted molar refractivity (Wildman–Crippen MR) is 56.6 cm³/mol.